The number of nitro benzene ring substituents is 1. The van der Waals surface area contributed by atoms with E-state index in [9.17, 15) is 10.1 Å². The maximum Gasteiger partial charge on any atom is 0.271 e. The summed E-state index contributed by atoms with van der Waals surface area (Å²) in [5.41, 5.74) is 0.979. The minimum absolute atomic E-state index is 0.0640. The van der Waals surface area contributed by atoms with E-state index in [0.717, 1.165) is 0 Å². The number of rotatable bonds is 6. The molecule has 1 heterocycles. The summed E-state index contributed by atoms with van der Waals surface area (Å²) in [6.07, 6.45) is 1.39. The lowest BCUT2D eigenvalue weighted by molar-refractivity contribution is -0.384. The molecule has 0 aliphatic heterocycles. The Bertz CT molecular complexity index is 977. The van der Waals surface area contributed by atoms with Crippen molar-refractivity contribution in [3.63, 3.8) is 0 Å². The van der Waals surface area contributed by atoms with Crippen LogP contribution in [0.15, 0.2) is 36.7 Å². The van der Waals surface area contributed by atoms with E-state index in [-0.39, 0.29) is 5.69 Å². The van der Waals surface area contributed by atoms with Crippen molar-refractivity contribution >= 4 is 28.1 Å². The Hall–Kier alpha value is -3.62. The van der Waals surface area contributed by atoms with Gasteiger partial charge in [-0.05, 0) is 12.1 Å². The molecule has 0 amide bonds. The number of methoxy groups -OCH3 is 3. The molecule has 2 aromatic carbocycles. The maximum absolute atomic E-state index is 11.1. The van der Waals surface area contributed by atoms with Gasteiger partial charge in [0.25, 0.3) is 5.69 Å². The molecule has 3 aromatic rings. The number of aromatic nitrogens is 2. The first kappa shape index (κ1) is 17.2. The van der Waals surface area contributed by atoms with E-state index in [1.54, 1.807) is 12.1 Å². The highest BCUT2D eigenvalue weighted by atomic mass is 16.6. The molecule has 3 rings (SSSR count). The van der Waals surface area contributed by atoms with Gasteiger partial charge in [0.1, 0.15) is 17.9 Å². The molecule has 0 atom stereocenters. The second-order valence-corrected chi connectivity index (χ2v) is 5.21. The molecule has 0 aliphatic rings. The molecule has 9 nitrogen and oxygen atoms in total. The van der Waals surface area contributed by atoms with Crippen molar-refractivity contribution in [3.8, 4) is 17.2 Å². The third kappa shape index (κ3) is 3.14. The molecule has 0 saturated heterocycles. The Morgan fingerprint density at radius 3 is 2.31 bits per heavy atom. The highest BCUT2D eigenvalue weighted by Crippen LogP contribution is 2.36. The number of non-ortho nitro benzene ring substituents is 1. The van der Waals surface area contributed by atoms with Crippen molar-refractivity contribution in [2.75, 3.05) is 26.6 Å². The highest BCUT2D eigenvalue weighted by molar-refractivity contribution is 5.93. The predicted molar refractivity (Wildman–Crippen MR) is 95.6 cm³/mol. The van der Waals surface area contributed by atoms with Crippen LogP contribution in [-0.2, 0) is 0 Å². The van der Waals surface area contributed by atoms with Crippen LogP contribution in [0.2, 0.25) is 0 Å². The molecule has 1 N–H and O–H groups in total. The van der Waals surface area contributed by atoms with E-state index in [1.165, 1.54) is 45.9 Å². The summed E-state index contributed by atoms with van der Waals surface area (Å²) in [6.45, 7) is 0. The van der Waals surface area contributed by atoms with Crippen molar-refractivity contribution in [1.82, 2.24) is 9.97 Å². The monoisotopic (exact) mass is 356 g/mol. The van der Waals surface area contributed by atoms with Gasteiger partial charge in [0.05, 0.1) is 37.5 Å². The number of hydrogen-bond donors (Lipinski definition) is 1. The number of ether oxygens (including phenoxy) is 3. The molecule has 134 valence electrons. The lowest BCUT2D eigenvalue weighted by Gasteiger charge is -2.13. The fourth-order valence-electron chi connectivity index (χ4n) is 2.52. The fraction of sp³-hybridized carbons (Fsp3) is 0.176. The van der Waals surface area contributed by atoms with Crippen molar-refractivity contribution < 1.29 is 19.1 Å². The van der Waals surface area contributed by atoms with Gasteiger partial charge in [-0.15, -0.1) is 0 Å². The number of nitro groups is 1. The fourth-order valence-corrected chi connectivity index (χ4v) is 2.52. The topological polar surface area (TPSA) is 109 Å². The number of anilines is 2. The van der Waals surface area contributed by atoms with Crippen molar-refractivity contribution in [2.45, 2.75) is 0 Å². The summed E-state index contributed by atoms with van der Waals surface area (Å²) < 4.78 is 15.9. The third-order valence-electron chi connectivity index (χ3n) is 3.79. The van der Waals surface area contributed by atoms with E-state index in [4.69, 9.17) is 14.2 Å². The van der Waals surface area contributed by atoms with Crippen LogP contribution in [0.25, 0.3) is 10.9 Å². The second-order valence-electron chi connectivity index (χ2n) is 5.21. The van der Waals surface area contributed by atoms with Crippen molar-refractivity contribution in [3.05, 3.63) is 46.8 Å². The summed E-state index contributed by atoms with van der Waals surface area (Å²) in [5.74, 6) is 1.96. The van der Waals surface area contributed by atoms with Gasteiger partial charge >= 0.3 is 0 Å². The lowest BCUT2D eigenvalue weighted by Crippen LogP contribution is -2.00. The molecular weight excluding hydrogens is 340 g/mol. The number of benzene rings is 2. The number of hydrogen-bond acceptors (Lipinski definition) is 8. The van der Waals surface area contributed by atoms with Crippen molar-refractivity contribution in [1.29, 1.82) is 0 Å². The number of fused-ring (bicyclic) bond motifs is 1. The van der Waals surface area contributed by atoms with E-state index < -0.39 is 4.92 Å². The summed E-state index contributed by atoms with van der Waals surface area (Å²) >= 11 is 0. The average molecular weight is 356 g/mol. The molecule has 0 saturated carbocycles. The Kier molecular flexibility index (Phi) is 4.70. The molecule has 9 heteroatoms. The van der Waals surface area contributed by atoms with Crippen LogP contribution in [0.1, 0.15) is 0 Å². The Labute approximate surface area is 148 Å². The minimum atomic E-state index is -0.476. The summed E-state index contributed by atoms with van der Waals surface area (Å²) in [6, 6.07) is 7.74. The van der Waals surface area contributed by atoms with E-state index >= 15 is 0 Å². The smallest absolute Gasteiger partial charge is 0.271 e. The summed E-state index contributed by atoms with van der Waals surface area (Å²) in [7, 11) is 4.56. The normalized spacial score (nSPS) is 10.4. The Balaban J connectivity index is 2.12. The first-order valence-electron chi connectivity index (χ1n) is 7.53. The largest absolute Gasteiger partial charge is 0.495 e. The van der Waals surface area contributed by atoms with E-state index in [0.29, 0.717) is 39.7 Å². The molecule has 0 spiro atoms. The zero-order chi connectivity index (χ0) is 18.7. The van der Waals surface area contributed by atoms with Gasteiger partial charge in [0.2, 0.25) is 0 Å². The SMILES string of the molecule is COc1ccc([N+](=O)[O-])cc1Nc1ncnc2cc(OC)c(OC)cc12. The average Bonchev–Trinajstić information content (AvgIpc) is 2.67. The third-order valence-corrected chi connectivity index (χ3v) is 3.79. The van der Waals surface area contributed by atoms with Gasteiger partial charge in [-0.3, -0.25) is 10.1 Å². The van der Waals surface area contributed by atoms with E-state index in [2.05, 4.69) is 15.3 Å². The number of nitrogens with zero attached hydrogens (tertiary/aromatic N) is 3. The molecule has 26 heavy (non-hydrogen) atoms. The quantitative estimate of drug-likeness (QED) is 0.529. The Morgan fingerprint density at radius 1 is 0.962 bits per heavy atom. The zero-order valence-corrected chi connectivity index (χ0v) is 14.3. The molecule has 0 radical (unpaired) electrons. The molecule has 0 aliphatic carbocycles. The van der Waals surface area contributed by atoms with E-state index in [1.807, 2.05) is 0 Å². The first-order valence-corrected chi connectivity index (χ1v) is 7.53. The molecule has 1 aromatic heterocycles. The second kappa shape index (κ2) is 7.09. The van der Waals surface area contributed by atoms with Crippen LogP contribution in [-0.4, -0.2) is 36.2 Å². The summed E-state index contributed by atoms with van der Waals surface area (Å²) in [4.78, 5) is 19.0. The van der Waals surface area contributed by atoms with Crippen LogP contribution in [0, 0.1) is 10.1 Å². The van der Waals surface area contributed by atoms with Gasteiger partial charge in [0, 0.05) is 23.6 Å². The van der Waals surface area contributed by atoms with Crippen molar-refractivity contribution in [2.24, 2.45) is 0 Å². The van der Waals surface area contributed by atoms with Crippen LogP contribution in [0.3, 0.4) is 0 Å². The van der Waals surface area contributed by atoms with Crippen LogP contribution < -0.4 is 19.5 Å². The number of nitrogens with one attached hydrogen (secondary N) is 1. The van der Waals surface area contributed by atoms with Crippen LogP contribution >= 0.6 is 0 Å². The standard InChI is InChI=1S/C17H16N4O5/c1-24-14-5-4-10(21(22)23)6-13(14)20-17-11-7-15(25-2)16(26-3)8-12(11)18-9-19-17/h4-9H,1-3H3,(H,18,19,20). The molecule has 0 bridgehead atoms. The predicted octanol–water partition coefficient (Wildman–Crippen LogP) is 3.31. The molecule has 0 unspecified atom stereocenters. The highest BCUT2D eigenvalue weighted by Gasteiger charge is 2.15. The van der Waals surface area contributed by atoms with Gasteiger partial charge in [-0.2, -0.15) is 0 Å². The maximum atomic E-state index is 11.1. The van der Waals surface area contributed by atoms with Gasteiger partial charge in [-0.1, -0.05) is 0 Å². The Morgan fingerprint density at radius 2 is 1.65 bits per heavy atom. The van der Waals surface area contributed by atoms with Crippen LogP contribution in [0.4, 0.5) is 17.2 Å². The zero-order valence-electron chi connectivity index (χ0n) is 14.3. The van der Waals surface area contributed by atoms with Gasteiger partial charge < -0.3 is 19.5 Å². The first-order chi connectivity index (χ1) is 12.6. The minimum Gasteiger partial charge on any atom is -0.495 e. The molecule has 0 fully saturated rings. The van der Waals surface area contributed by atoms with Gasteiger partial charge in [-0.25, -0.2) is 9.97 Å². The summed E-state index contributed by atoms with van der Waals surface area (Å²) in [5, 5.41) is 14.8. The van der Waals surface area contributed by atoms with Crippen LogP contribution in [0.5, 0.6) is 17.2 Å². The lowest BCUT2D eigenvalue weighted by atomic mass is 10.2. The van der Waals surface area contributed by atoms with Gasteiger partial charge in [0.15, 0.2) is 11.5 Å². The molecular formula is C17H16N4O5.